The first-order valence-corrected chi connectivity index (χ1v) is 6.50. The molecule has 2 atom stereocenters. The molecule has 1 fully saturated rings. The first kappa shape index (κ1) is 12.4. The standard InChI is InChI=1S/C14H22N2O/c1-2-13(15)12-7-3-4-8-14(12)16-9-5-6-11(17)10-16/h3-4,7-8,11,13,17H,2,5-6,9-10,15H2,1H3/t11?,13-/m0/s1. The van der Waals surface area contributed by atoms with Gasteiger partial charge >= 0.3 is 0 Å². The molecule has 3 heteroatoms. The zero-order valence-corrected chi connectivity index (χ0v) is 10.5. The fraction of sp³-hybridized carbons (Fsp3) is 0.571. The second-order valence-electron chi connectivity index (χ2n) is 4.82. The van der Waals surface area contributed by atoms with Crippen molar-refractivity contribution in [3.63, 3.8) is 0 Å². The van der Waals surface area contributed by atoms with E-state index in [1.54, 1.807) is 0 Å². The summed E-state index contributed by atoms with van der Waals surface area (Å²) in [6.45, 7) is 3.85. The Kier molecular flexibility index (Phi) is 4.02. The Balaban J connectivity index is 2.24. The monoisotopic (exact) mass is 234 g/mol. The van der Waals surface area contributed by atoms with Crippen LogP contribution in [0.15, 0.2) is 24.3 Å². The third-order valence-electron chi connectivity index (χ3n) is 3.51. The van der Waals surface area contributed by atoms with E-state index >= 15 is 0 Å². The maximum atomic E-state index is 9.75. The second kappa shape index (κ2) is 5.52. The number of aliphatic hydroxyl groups excluding tert-OH is 1. The molecule has 0 spiro atoms. The first-order chi connectivity index (χ1) is 8.22. The van der Waals surface area contributed by atoms with E-state index in [4.69, 9.17) is 5.73 Å². The molecule has 94 valence electrons. The average molecular weight is 234 g/mol. The molecule has 0 aromatic heterocycles. The minimum Gasteiger partial charge on any atom is -0.391 e. The number of β-amino-alcohol motifs (C(OH)–C–C–N with tert-alkyl or cyclic N) is 1. The number of rotatable bonds is 3. The fourth-order valence-electron chi connectivity index (χ4n) is 2.48. The van der Waals surface area contributed by atoms with E-state index in [0.29, 0.717) is 0 Å². The summed E-state index contributed by atoms with van der Waals surface area (Å²) < 4.78 is 0. The minimum absolute atomic E-state index is 0.0882. The lowest BCUT2D eigenvalue weighted by Crippen LogP contribution is -2.39. The van der Waals surface area contributed by atoms with Crippen molar-refractivity contribution in [2.24, 2.45) is 5.73 Å². The maximum Gasteiger partial charge on any atom is 0.0715 e. The molecule has 0 amide bonds. The lowest BCUT2D eigenvalue weighted by Gasteiger charge is -2.34. The fourth-order valence-corrected chi connectivity index (χ4v) is 2.48. The van der Waals surface area contributed by atoms with Crippen molar-refractivity contribution in [2.75, 3.05) is 18.0 Å². The summed E-state index contributed by atoms with van der Waals surface area (Å²) in [4.78, 5) is 2.26. The number of nitrogens with zero attached hydrogens (tertiary/aromatic N) is 1. The highest BCUT2D eigenvalue weighted by Crippen LogP contribution is 2.28. The van der Waals surface area contributed by atoms with Crippen LogP contribution in [0.1, 0.15) is 37.8 Å². The molecule has 2 rings (SSSR count). The van der Waals surface area contributed by atoms with Gasteiger partial charge < -0.3 is 15.7 Å². The summed E-state index contributed by atoms with van der Waals surface area (Å²) >= 11 is 0. The number of aliphatic hydroxyl groups is 1. The molecule has 0 saturated carbocycles. The van der Waals surface area contributed by atoms with Gasteiger partial charge in [0, 0.05) is 24.8 Å². The molecular formula is C14H22N2O. The van der Waals surface area contributed by atoms with Gasteiger partial charge in [0.1, 0.15) is 0 Å². The van der Waals surface area contributed by atoms with Gasteiger partial charge in [-0.05, 0) is 30.9 Å². The van der Waals surface area contributed by atoms with E-state index in [-0.39, 0.29) is 12.1 Å². The van der Waals surface area contributed by atoms with Crippen molar-refractivity contribution in [2.45, 2.75) is 38.3 Å². The summed E-state index contributed by atoms with van der Waals surface area (Å²) in [6, 6.07) is 8.38. The normalized spacial score (nSPS) is 22.5. The van der Waals surface area contributed by atoms with Crippen LogP contribution >= 0.6 is 0 Å². The Labute approximate surface area is 103 Å². The Hall–Kier alpha value is -1.06. The van der Waals surface area contributed by atoms with E-state index in [2.05, 4.69) is 24.0 Å². The van der Waals surface area contributed by atoms with Gasteiger partial charge in [-0.2, -0.15) is 0 Å². The highest BCUT2D eigenvalue weighted by molar-refractivity contribution is 5.55. The molecule has 3 N–H and O–H groups in total. The molecule has 1 aliphatic heterocycles. The number of para-hydroxylation sites is 1. The van der Waals surface area contributed by atoms with Crippen molar-refractivity contribution in [1.29, 1.82) is 0 Å². The van der Waals surface area contributed by atoms with Crippen LogP contribution < -0.4 is 10.6 Å². The second-order valence-corrected chi connectivity index (χ2v) is 4.82. The van der Waals surface area contributed by atoms with Crippen molar-refractivity contribution >= 4 is 5.69 Å². The highest BCUT2D eigenvalue weighted by Gasteiger charge is 2.21. The van der Waals surface area contributed by atoms with Crippen molar-refractivity contribution < 1.29 is 5.11 Å². The van der Waals surface area contributed by atoms with Gasteiger partial charge in [0.25, 0.3) is 0 Å². The van der Waals surface area contributed by atoms with Gasteiger partial charge in [-0.1, -0.05) is 25.1 Å². The van der Waals surface area contributed by atoms with E-state index in [1.165, 1.54) is 11.3 Å². The lowest BCUT2D eigenvalue weighted by molar-refractivity contribution is 0.154. The molecule has 1 heterocycles. The Bertz CT molecular complexity index is 367. The van der Waals surface area contributed by atoms with Crippen LogP contribution in [0.4, 0.5) is 5.69 Å². The smallest absolute Gasteiger partial charge is 0.0715 e. The SMILES string of the molecule is CC[C@H](N)c1ccccc1N1CCCC(O)C1. The molecular weight excluding hydrogens is 212 g/mol. The van der Waals surface area contributed by atoms with Crippen molar-refractivity contribution in [1.82, 2.24) is 0 Å². The van der Waals surface area contributed by atoms with Crippen LogP contribution in [-0.4, -0.2) is 24.3 Å². The first-order valence-electron chi connectivity index (χ1n) is 6.50. The van der Waals surface area contributed by atoms with Crippen LogP contribution in [0, 0.1) is 0 Å². The zero-order valence-electron chi connectivity index (χ0n) is 10.5. The summed E-state index contributed by atoms with van der Waals surface area (Å²) in [5, 5.41) is 9.75. The topological polar surface area (TPSA) is 49.5 Å². The largest absolute Gasteiger partial charge is 0.391 e. The quantitative estimate of drug-likeness (QED) is 0.841. The third-order valence-corrected chi connectivity index (χ3v) is 3.51. The van der Waals surface area contributed by atoms with Crippen molar-refractivity contribution in [3.05, 3.63) is 29.8 Å². The molecule has 1 unspecified atom stereocenters. The van der Waals surface area contributed by atoms with Crippen LogP contribution in [0.2, 0.25) is 0 Å². The summed E-state index contributed by atoms with van der Waals surface area (Å²) in [5.41, 5.74) is 8.54. The van der Waals surface area contributed by atoms with Crippen molar-refractivity contribution in [3.8, 4) is 0 Å². The van der Waals surface area contributed by atoms with Crippen LogP contribution in [0.25, 0.3) is 0 Å². The number of anilines is 1. The van der Waals surface area contributed by atoms with E-state index < -0.39 is 0 Å². The Morgan fingerprint density at radius 2 is 2.24 bits per heavy atom. The molecule has 0 aliphatic carbocycles. The van der Waals surface area contributed by atoms with E-state index in [9.17, 15) is 5.11 Å². The highest BCUT2D eigenvalue weighted by atomic mass is 16.3. The zero-order chi connectivity index (χ0) is 12.3. The van der Waals surface area contributed by atoms with Crippen LogP contribution in [0.3, 0.4) is 0 Å². The van der Waals surface area contributed by atoms with Crippen LogP contribution in [0.5, 0.6) is 0 Å². The minimum atomic E-state index is -0.199. The molecule has 1 saturated heterocycles. The van der Waals surface area contributed by atoms with E-state index in [0.717, 1.165) is 32.4 Å². The molecule has 17 heavy (non-hydrogen) atoms. The molecule has 0 radical (unpaired) electrons. The molecule has 1 aromatic rings. The Morgan fingerprint density at radius 1 is 1.47 bits per heavy atom. The van der Waals surface area contributed by atoms with Gasteiger partial charge in [-0.3, -0.25) is 0 Å². The summed E-state index contributed by atoms with van der Waals surface area (Å²) in [5.74, 6) is 0. The lowest BCUT2D eigenvalue weighted by atomic mass is 10.00. The van der Waals surface area contributed by atoms with Gasteiger partial charge in [-0.15, -0.1) is 0 Å². The average Bonchev–Trinajstić information content (AvgIpc) is 2.38. The van der Waals surface area contributed by atoms with Gasteiger partial charge in [0.15, 0.2) is 0 Å². The van der Waals surface area contributed by atoms with Gasteiger partial charge in [0.05, 0.1) is 6.10 Å². The predicted molar refractivity (Wildman–Crippen MR) is 71.1 cm³/mol. The predicted octanol–water partition coefficient (Wildman–Crippen LogP) is 2.06. The molecule has 3 nitrogen and oxygen atoms in total. The molecule has 1 aliphatic rings. The van der Waals surface area contributed by atoms with Gasteiger partial charge in [-0.25, -0.2) is 0 Å². The summed E-state index contributed by atoms with van der Waals surface area (Å²) in [6.07, 6.45) is 2.71. The summed E-state index contributed by atoms with van der Waals surface area (Å²) in [7, 11) is 0. The number of nitrogens with two attached hydrogens (primary N) is 1. The maximum absolute atomic E-state index is 9.75. The molecule has 1 aromatic carbocycles. The van der Waals surface area contributed by atoms with E-state index in [1.807, 2.05) is 12.1 Å². The number of piperidine rings is 1. The Morgan fingerprint density at radius 3 is 2.94 bits per heavy atom. The van der Waals surface area contributed by atoms with Gasteiger partial charge in [0.2, 0.25) is 0 Å². The third kappa shape index (κ3) is 2.79. The molecule has 0 bridgehead atoms. The number of hydrogen-bond donors (Lipinski definition) is 2. The number of hydrogen-bond acceptors (Lipinski definition) is 3. The van der Waals surface area contributed by atoms with Crippen LogP contribution in [-0.2, 0) is 0 Å². The number of benzene rings is 1.